The number of benzene rings is 2. The summed E-state index contributed by atoms with van der Waals surface area (Å²) in [6.45, 7) is 5.36. The van der Waals surface area contributed by atoms with Crippen molar-refractivity contribution < 1.29 is 19.1 Å². The van der Waals surface area contributed by atoms with E-state index in [1.54, 1.807) is 12.1 Å². The quantitative estimate of drug-likeness (QED) is 0.260. The zero-order valence-corrected chi connectivity index (χ0v) is 22.4. The van der Waals surface area contributed by atoms with Crippen molar-refractivity contribution in [3.8, 4) is 5.75 Å². The van der Waals surface area contributed by atoms with Gasteiger partial charge in [0.25, 0.3) is 0 Å². The first-order valence-corrected chi connectivity index (χ1v) is 13.1. The number of piperidine rings is 1. The van der Waals surface area contributed by atoms with Gasteiger partial charge in [-0.05, 0) is 75.0 Å². The number of amides is 1. The van der Waals surface area contributed by atoms with E-state index in [0.29, 0.717) is 34.0 Å². The maximum absolute atomic E-state index is 11.2. The molecule has 0 spiro atoms. The molecule has 1 amide bonds. The summed E-state index contributed by atoms with van der Waals surface area (Å²) in [6.07, 6.45) is 4.11. The van der Waals surface area contributed by atoms with Gasteiger partial charge in [-0.1, -0.05) is 53.8 Å². The molecule has 0 bridgehead atoms. The van der Waals surface area contributed by atoms with Gasteiger partial charge in [-0.3, -0.25) is 4.90 Å². The lowest BCUT2D eigenvalue weighted by Crippen LogP contribution is -2.41. The summed E-state index contributed by atoms with van der Waals surface area (Å²) in [7, 11) is 1.50. The molecule has 7 nitrogen and oxygen atoms in total. The van der Waals surface area contributed by atoms with Gasteiger partial charge in [-0.15, -0.1) is 0 Å². The number of nitrogens with two attached hydrogens (primary N) is 1. The lowest BCUT2D eigenvalue weighted by molar-refractivity contribution is 0.0540. The number of ether oxygens (including phenoxy) is 2. The van der Waals surface area contributed by atoms with E-state index in [4.69, 9.17) is 43.2 Å². The molecule has 0 aliphatic carbocycles. The summed E-state index contributed by atoms with van der Waals surface area (Å²) in [6, 6.07) is 13.0. The van der Waals surface area contributed by atoms with Gasteiger partial charge in [0.2, 0.25) is 0 Å². The Balaban J connectivity index is 1.53. The largest absolute Gasteiger partial charge is 0.493 e. The van der Waals surface area contributed by atoms with E-state index in [2.05, 4.69) is 17.0 Å². The third kappa shape index (κ3) is 8.57. The van der Waals surface area contributed by atoms with Gasteiger partial charge in [0.1, 0.15) is 24.7 Å². The molecule has 2 aromatic rings. The lowest BCUT2D eigenvalue weighted by atomic mass is 9.97. The number of halogens is 2. The second-order valence-corrected chi connectivity index (χ2v) is 9.87. The minimum atomic E-state index is -0.696. The fraction of sp³-hybridized carbons (Fsp3) is 0.481. The smallest absolute Gasteiger partial charge is 0.404 e. The molecule has 2 N–H and O–H groups in total. The summed E-state index contributed by atoms with van der Waals surface area (Å²) in [5.74, 6) is 1.17. The maximum Gasteiger partial charge on any atom is 0.404 e. The molecule has 0 aromatic heterocycles. The van der Waals surface area contributed by atoms with E-state index < -0.39 is 6.09 Å². The van der Waals surface area contributed by atoms with E-state index in [-0.39, 0.29) is 6.10 Å². The first-order valence-electron chi connectivity index (χ1n) is 12.4. The first kappa shape index (κ1) is 28.1. The Bertz CT molecular complexity index is 1010. The predicted octanol–water partition coefficient (Wildman–Crippen LogP) is 6.14. The highest BCUT2D eigenvalue weighted by molar-refractivity contribution is 6.35. The Hall–Kier alpha value is -2.48. The van der Waals surface area contributed by atoms with Crippen molar-refractivity contribution in [2.45, 2.75) is 45.1 Å². The second kappa shape index (κ2) is 14.3. The SMILES string of the molecule is CCCC[C@@H](CN1CCC(COc2ccc(/C(=N/OC)c3ccc(Cl)cc3)c(Cl)c2)CC1)OC(N)=O. The maximum atomic E-state index is 11.2. The topological polar surface area (TPSA) is 86.4 Å². The minimum Gasteiger partial charge on any atom is -0.493 e. The molecule has 1 atom stereocenters. The highest BCUT2D eigenvalue weighted by atomic mass is 35.5. The molecular weight excluding hydrogens is 501 g/mol. The van der Waals surface area contributed by atoms with Crippen molar-refractivity contribution in [3.05, 3.63) is 63.6 Å². The van der Waals surface area contributed by atoms with Crippen LogP contribution >= 0.6 is 23.2 Å². The van der Waals surface area contributed by atoms with Gasteiger partial charge in [0.05, 0.1) is 11.6 Å². The molecule has 1 aliphatic heterocycles. The fourth-order valence-electron chi connectivity index (χ4n) is 4.36. The van der Waals surface area contributed by atoms with Crippen LogP contribution in [0.15, 0.2) is 47.6 Å². The van der Waals surface area contributed by atoms with Gasteiger partial charge >= 0.3 is 6.09 Å². The van der Waals surface area contributed by atoms with E-state index >= 15 is 0 Å². The number of hydrogen-bond donors (Lipinski definition) is 1. The predicted molar refractivity (Wildman–Crippen MR) is 144 cm³/mol. The number of primary amides is 1. The molecule has 0 radical (unpaired) electrons. The molecule has 0 unspecified atom stereocenters. The molecule has 2 aromatic carbocycles. The van der Waals surface area contributed by atoms with Gasteiger partial charge in [0.15, 0.2) is 0 Å². The van der Waals surface area contributed by atoms with E-state index in [1.807, 2.05) is 30.3 Å². The van der Waals surface area contributed by atoms with Crippen LogP contribution < -0.4 is 10.5 Å². The summed E-state index contributed by atoms with van der Waals surface area (Å²) in [5.41, 5.74) is 7.47. The van der Waals surface area contributed by atoms with E-state index in [9.17, 15) is 4.79 Å². The van der Waals surface area contributed by atoms with E-state index in [0.717, 1.165) is 62.9 Å². The molecule has 9 heteroatoms. The van der Waals surface area contributed by atoms with Crippen LogP contribution in [0.4, 0.5) is 4.79 Å². The Morgan fingerprint density at radius 1 is 1.17 bits per heavy atom. The lowest BCUT2D eigenvalue weighted by Gasteiger charge is -2.33. The minimum absolute atomic E-state index is 0.143. The molecule has 1 saturated heterocycles. The number of nitrogens with zero attached hydrogens (tertiary/aromatic N) is 2. The molecule has 36 heavy (non-hydrogen) atoms. The molecular formula is C27H35Cl2N3O4. The highest BCUT2D eigenvalue weighted by Crippen LogP contribution is 2.27. The number of unbranched alkanes of at least 4 members (excludes halogenated alkanes) is 1. The van der Waals surface area contributed by atoms with Crippen molar-refractivity contribution in [2.75, 3.05) is 33.4 Å². The Labute approximate surface area is 223 Å². The molecule has 1 aliphatic rings. The summed E-state index contributed by atoms with van der Waals surface area (Å²) < 4.78 is 11.4. The molecule has 1 fully saturated rings. The Morgan fingerprint density at radius 2 is 1.89 bits per heavy atom. The van der Waals surface area contributed by atoms with Gasteiger partial charge in [-0.25, -0.2) is 4.79 Å². The third-order valence-electron chi connectivity index (χ3n) is 6.31. The van der Waals surface area contributed by atoms with Crippen molar-refractivity contribution in [1.82, 2.24) is 4.90 Å². The molecule has 3 rings (SSSR count). The number of rotatable bonds is 12. The summed E-state index contributed by atoms with van der Waals surface area (Å²) >= 11 is 12.6. The van der Waals surface area contributed by atoms with Gasteiger partial charge in [0, 0.05) is 22.7 Å². The van der Waals surface area contributed by atoms with Gasteiger partial charge < -0.3 is 20.0 Å². The molecule has 196 valence electrons. The van der Waals surface area contributed by atoms with Crippen LogP contribution in [0.25, 0.3) is 0 Å². The van der Waals surface area contributed by atoms with Crippen LogP contribution in [0, 0.1) is 5.92 Å². The van der Waals surface area contributed by atoms with Crippen molar-refractivity contribution in [3.63, 3.8) is 0 Å². The van der Waals surface area contributed by atoms with Crippen LogP contribution in [0.2, 0.25) is 10.0 Å². The zero-order valence-electron chi connectivity index (χ0n) is 20.9. The summed E-state index contributed by atoms with van der Waals surface area (Å²) in [5, 5.41) is 5.35. The van der Waals surface area contributed by atoms with Gasteiger partial charge in [-0.2, -0.15) is 0 Å². The van der Waals surface area contributed by atoms with Crippen LogP contribution in [0.3, 0.4) is 0 Å². The normalized spacial score (nSPS) is 15.9. The first-order chi connectivity index (χ1) is 17.4. The van der Waals surface area contributed by atoms with Crippen LogP contribution in [0.5, 0.6) is 5.75 Å². The molecule has 1 heterocycles. The summed E-state index contributed by atoms with van der Waals surface area (Å²) in [4.78, 5) is 18.6. The Morgan fingerprint density at radius 3 is 2.50 bits per heavy atom. The van der Waals surface area contributed by atoms with Crippen molar-refractivity contribution in [2.24, 2.45) is 16.8 Å². The molecule has 0 saturated carbocycles. The monoisotopic (exact) mass is 535 g/mol. The second-order valence-electron chi connectivity index (χ2n) is 9.03. The zero-order chi connectivity index (χ0) is 25.9. The number of carbonyl (C=O) groups excluding carboxylic acids is 1. The average molecular weight is 537 g/mol. The number of likely N-dealkylation sites (tertiary alicyclic amines) is 1. The van der Waals surface area contributed by atoms with E-state index in [1.165, 1.54) is 7.11 Å². The highest BCUT2D eigenvalue weighted by Gasteiger charge is 2.23. The number of hydrogen-bond acceptors (Lipinski definition) is 6. The number of carbonyl (C=O) groups is 1. The number of oxime groups is 1. The van der Waals surface area contributed by atoms with Crippen LogP contribution in [-0.4, -0.2) is 56.2 Å². The van der Waals surface area contributed by atoms with Crippen molar-refractivity contribution in [1.29, 1.82) is 0 Å². The Kier molecular flexibility index (Phi) is 11.2. The van der Waals surface area contributed by atoms with Crippen LogP contribution in [-0.2, 0) is 9.57 Å². The fourth-order valence-corrected chi connectivity index (χ4v) is 4.74. The van der Waals surface area contributed by atoms with Crippen molar-refractivity contribution >= 4 is 35.0 Å². The van der Waals surface area contributed by atoms with Crippen LogP contribution in [0.1, 0.15) is 50.2 Å². The average Bonchev–Trinajstić information content (AvgIpc) is 2.86. The standard InChI is InChI=1S/C27H35Cl2N3O4/c1-3-4-5-23(36-27(30)33)17-32-14-12-19(13-15-32)18-35-22-10-11-24(25(29)16-22)26(31-34-2)20-6-8-21(28)9-7-20/h6-11,16,19,23H,3-5,12-15,17-18H2,1-2H3,(H2,30,33)/b31-26+/t23-/m0/s1. The third-order valence-corrected chi connectivity index (χ3v) is 6.88.